The van der Waals surface area contributed by atoms with Gasteiger partial charge in [-0.25, -0.2) is 9.97 Å². The first-order valence-electron chi connectivity index (χ1n) is 10.3. The van der Waals surface area contributed by atoms with Gasteiger partial charge in [0.15, 0.2) is 0 Å². The second kappa shape index (κ2) is 8.07. The van der Waals surface area contributed by atoms with Crippen LogP contribution in [0.2, 0.25) is 0 Å². The SMILES string of the molecule is CNc1cc(-n2cc(-c3ccc(N)cc3)c3ccc(-c4ccc(OC)cc4)cc32)ncn1. The Kier molecular flexibility index (Phi) is 4.95. The Morgan fingerprint density at radius 1 is 0.844 bits per heavy atom. The third-order valence-electron chi connectivity index (χ3n) is 5.61. The monoisotopic (exact) mass is 421 g/mol. The third-order valence-corrected chi connectivity index (χ3v) is 5.61. The van der Waals surface area contributed by atoms with Gasteiger partial charge >= 0.3 is 0 Å². The Morgan fingerprint density at radius 3 is 2.28 bits per heavy atom. The number of ether oxygens (including phenoxy) is 1. The van der Waals surface area contributed by atoms with Crippen LogP contribution in [0.15, 0.2) is 85.3 Å². The molecule has 0 saturated heterocycles. The Labute approximate surface area is 186 Å². The summed E-state index contributed by atoms with van der Waals surface area (Å²) in [4.78, 5) is 8.79. The smallest absolute Gasteiger partial charge is 0.142 e. The number of nitrogens with two attached hydrogens (primary N) is 1. The van der Waals surface area contributed by atoms with Gasteiger partial charge in [-0.05, 0) is 47.0 Å². The molecular formula is C26H23N5O. The molecule has 0 unspecified atom stereocenters. The van der Waals surface area contributed by atoms with Gasteiger partial charge in [0, 0.05) is 35.9 Å². The number of nitrogens with zero attached hydrogens (tertiary/aromatic N) is 3. The van der Waals surface area contributed by atoms with Gasteiger partial charge in [-0.2, -0.15) is 0 Å². The van der Waals surface area contributed by atoms with Crippen LogP contribution in [0.25, 0.3) is 39.0 Å². The van der Waals surface area contributed by atoms with Gasteiger partial charge in [0.05, 0.1) is 12.6 Å². The second-order valence-corrected chi connectivity index (χ2v) is 7.51. The molecule has 5 aromatic rings. The number of hydrogen-bond donors (Lipinski definition) is 2. The largest absolute Gasteiger partial charge is 0.497 e. The summed E-state index contributed by atoms with van der Waals surface area (Å²) in [7, 11) is 3.52. The van der Waals surface area contributed by atoms with Crippen LogP contribution in [0.1, 0.15) is 0 Å². The molecular weight excluding hydrogens is 398 g/mol. The van der Waals surface area contributed by atoms with Crippen molar-refractivity contribution in [1.29, 1.82) is 0 Å². The molecule has 32 heavy (non-hydrogen) atoms. The van der Waals surface area contributed by atoms with Gasteiger partial charge in [-0.15, -0.1) is 0 Å². The Balaban J connectivity index is 1.72. The molecule has 0 aliphatic rings. The number of rotatable bonds is 5. The Hall–Kier alpha value is -4.32. The molecule has 3 N–H and O–H groups in total. The van der Waals surface area contributed by atoms with Gasteiger partial charge in [0.25, 0.3) is 0 Å². The molecule has 5 rings (SSSR count). The summed E-state index contributed by atoms with van der Waals surface area (Å²) in [6.07, 6.45) is 3.69. The fourth-order valence-corrected chi connectivity index (χ4v) is 3.89. The Morgan fingerprint density at radius 2 is 1.56 bits per heavy atom. The summed E-state index contributed by atoms with van der Waals surface area (Å²) in [5.74, 6) is 2.39. The molecule has 6 nitrogen and oxygen atoms in total. The van der Waals surface area contributed by atoms with Crippen molar-refractivity contribution in [3.63, 3.8) is 0 Å². The molecule has 0 bridgehead atoms. The van der Waals surface area contributed by atoms with Gasteiger partial charge < -0.3 is 20.4 Å². The highest BCUT2D eigenvalue weighted by Gasteiger charge is 2.14. The van der Waals surface area contributed by atoms with E-state index in [2.05, 4.69) is 56.4 Å². The van der Waals surface area contributed by atoms with E-state index in [9.17, 15) is 0 Å². The molecule has 0 fully saturated rings. The van der Waals surface area contributed by atoms with E-state index in [1.165, 1.54) is 0 Å². The maximum absolute atomic E-state index is 5.91. The fourth-order valence-electron chi connectivity index (χ4n) is 3.89. The average Bonchev–Trinajstić information content (AvgIpc) is 3.23. The highest BCUT2D eigenvalue weighted by Crippen LogP contribution is 2.35. The summed E-state index contributed by atoms with van der Waals surface area (Å²) in [6.45, 7) is 0. The van der Waals surface area contributed by atoms with E-state index in [1.54, 1.807) is 13.4 Å². The second-order valence-electron chi connectivity index (χ2n) is 7.51. The van der Waals surface area contributed by atoms with E-state index < -0.39 is 0 Å². The Bertz CT molecular complexity index is 1390. The minimum absolute atomic E-state index is 0.744. The van der Waals surface area contributed by atoms with Crippen LogP contribution in [0.4, 0.5) is 11.5 Å². The number of methoxy groups -OCH3 is 1. The van der Waals surface area contributed by atoms with E-state index >= 15 is 0 Å². The number of benzene rings is 3. The van der Waals surface area contributed by atoms with Crippen LogP contribution in [0, 0.1) is 0 Å². The standard InChI is InChI=1S/C26H23N5O/c1-28-25-14-26(30-16-29-25)31-15-23(18-3-8-20(27)9-4-18)22-12-7-19(13-24(22)31)17-5-10-21(32-2)11-6-17/h3-16H,27H2,1-2H3,(H,28,29,30). The molecule has 0 atom stereocenters. The van der Waals surface area contributed by atoms with Gasteiger partial charge in [0.2, 0.25) is 0 Å². The van der Waals surface area contributed by atoms with Crippen LogP contribution < -0.4 is 15.8 Å². The zero-order valence-corrected chi connectivity index (χ0v) is 17.9. The summed E-state index contributed by atoms with van der Waals surface area (Å²) in [5.41, 5.74) is 12.2. The summed E-state index contributed by atoms with van der Waals surface area (Å²) in [5, 5.41) is 4.22. The maximum atomic E-state index is 5.91. The zero-order chi connectivity index (χ0) is 22.1. The van der Waals surface area contributed by atoms with Crippen molar-refractivity contribution in [3.8, 4) is 33.8 Å². The number of fused-ring (bicyclic) bond motifs is 1. The van der Waals surface area contributed by atoms with Crippen LogP contribution in [-0.2, 0) is 0 Å². The first-order valence-corrected chi connectivity index (χ1v) is 10.3. The lowest BCUT2D eigenvalue weighted by Crippen LogP contribution is -2.00. The lowest BCUT2D eigenvalue weighted by atomic mass is 10.0. The van der Waals surface area contributed by atoms with E-state index in [0.717, 1.165) is 56.2 Å². The molecule has 0 aliphatic heterocycles. The van der Waals surface area contributed by atoms with Crippen molar-refractivity contribution >= 4 is 22.4 Å². The van der Waals surface area contributed by atoms with Crippen molar-refractivity contribution in [2.45, 2.75) is 0 Å². The third kappa shape index (κ3) is 3.52. The molecule has 0 spiro atoms. The van der Waals surface area contributed by atoms with Crippen LogP contribution in [-0.4, -0.2) is 28.7 Å². The van der Waals surface area contributed by atoms with E-state index in [1.807, 2.05) is 49.5 Å². The molecule has 0 aliphatic carbocycles. The number of aromatic nitrogens is 3. The molecule has 6 heteroatoms. The summed E-state index contributed by atoms with van der Waals surface area (Å²) >= 11 is 0. The quantitative estimate of drug-likeness (QED) is 0.372. The summed E-state index contributed by atoms with van der Waals surface area (Å²) in [6, 6.07) is 24.5. The number of nitrogens with one attached hydrogen (secondary N) is 1. The molecule has 2 heterocycles. The predicted octanol–water partition coefficient (Wildman–Crippen LogP) is 5.39. The summed E-state index contributed by atoms with van der Waals surface area (Å²) < 4.78 is 7.41. The normalized spacial score (nSPS) is 10.9. The number of hydrogen-bond acceptors (Lipinski definition) is 5. The highest BCUT2D eigenvalue weighted by atomic mass is 16.5. The molecule has 3 aromatic carbocycles. The van der Waals surface area contributed by atoms with Gasteiger partial charge in [-0.3, -0.25) is 0 Å². The minimum atomic E-state index is 0.744. The van der Waals surface area contributed by atoms with Crippen molar-refractivity contribution in [2.75, 3.05) is 25.2 Å². The molecule has 0 radical (unpaired) electrons. The van der Waals surface area contributed by atoms with E-state index in [4.69, 9.17) is 10.5 Å². The van der Waals surface area contributed by atoms with Crippen molar-refractivity contribution in [1.82, 2.24) is 14.5 Å². The lowest BCUT2D eigenvalue weighted by molar-refractivity contribution is 0.415. The van der Waals surface area contributed by atoms with E-state index in [-0.39, 0.29) is 0 Å². The van der Waals surface area contributed by atoms with Crippen molar-refractivity contribution in [3.05, 3.63) is 85.3 Å². The van der Waals surface area contributed by atoms with E-state index in [0.29, 0.717) is 0 Å². The first kappa shape index (κ1) is 19.6. The highest BCUT2D eigenvalue weighted by molar-refractivity contribution is 5.99. The maximum Gasteiger partial charge on any atom is 0.142 e. The molecule has 0 saturated carbocycles. The predicted molar refractivity (Wildman–Crippen MR) is 130 cm³/mol. The molecule has 2 aromatic heterocycles. The molecule has 0 amide bonds. The van der Waals surface area contributed by atoms with Gasteiger partial charge in [0.1, 0.15) is 23.7 Å². The number of nitrogen functional groups attached to an aromatic ring is 1. The first-order chi connectivity index (χ1) is 15.7. The van der Waals surface area contributed by atoms with Crippen LogP contribution in [0.5, 0.6) is 5.75 Å². The van der Waals surface area contributed by atoms with Crippen molar-refractivity contribution < 1.29 is 4.74 Å². The minimum Gasteiger partial charge on any atom is -0.497 e. The molecule has 158 valence electrons. The zero-order valence-electron chi connectivity index (χ0n) is 17.9. The van der Waals surface area contributed by atoms with Crippen LogP contribution >= 0.6 is 0 Å². The number of anilines is 2. The van der Waals surface area contributed by atoms with Crippen LogP contribution in [0.3, 0.4) is 0 Å². The van der Waals surface area contributed by atoms with Crippen molar-refractivity contribution in [2.24, 2.45) is 0 Å². The average molecular weight is 422 g/mol. The van der Waals surface area contributed by atoms with Gasteiger partial charge in [-0.1, -0.05) is 36.4 Å². The fraction of sp³-hybridized carbons (Fsp3) is 0.0769. The topological polar surface area (TPSA) is 78.0 Å². The lowest BCUT2D eigenvalue weighted by Gasteiger charge is -2.08.